The molecule has 0 spiro atoms. The highest BCUT2D eigenvalue weighted by Crippen LogP contribution is 2.16. The van der Waals surface area contributed by atoms with E-state index in [9.17, 15) is 9.59 Å². The maximum Gasteiger partial charge on any atom is 0.245 e. The molecule has 0 saturated carbocycles. The van der Waals surface area contributed by atoms with E-state index in [1.807, 2.05) is 39.7 Å². The van der Waals surface area contributed by atoms with Crippen LogP contribution in [0, 0.1) is 0 Å². The fourth-order valence-corrected chi connectivity index (χ4v) is 3.54. The van der Waals surface area contributed by atoms with E-state index in [2.05, 4.69) is 0 Å². The van der Waals surface area contributed by atoms with E-state index >= 15 is 0 Å². The Kier molecular flexibility index (Phi) is 7.43. The fraction of sp³-hybridized carbons (Fsp3) is 0.160. The number of hydrogen-bond donors (Lipinski definition) is 0. The molecule has 6 nitrogen and oxygen atoms in total. The van der Waals surface area contributed by atoms with Gasteiger partial charge < -0.3 is 26.5 Å². The number of benzene rings is 3. The SMILES string of the molecule is COc1ccc(C(=O)Cn2c[n+](CC(=O)c3ccc(OC)cc3)c3ccccc32)cc1.[Br-]. The lowest BCUT2D eigenvalue weighted by Gasteiger charge is -2.02. The minimum absolute atomic E-state index is 0. The van der Waals surface area contributed by atoms with Crippen molar-refractivity contribution >= 4 is 22.6 Å². The summed E-state index contributed by atoms with van der Waals surface area (Å²) in [5.41, 5.74) is 3.01. The third-order valence-electron chi connectivity index (χ3n) is 5.23. The smallest absolute Gasteiger partial charge is 0.245 e. The fourth-order valence-electron chi connectivity index (χ4n) is 3.54. The van der Waals surface area contributed by atoms with Crippen LogP contribution in [0.5, 0.6) is 11.5 Å². The van der Waals surface area contributed by atoms with Gasteiger partial charge in [-0.3, -0.25) is 9.59 Å². The Morgan fingerprint density at radius 2 is 1.31 bits per heavy atom. The summed E-state index contributed by atoms with van der Waals surface area (Å²) in [5.74, 6) is 1.38. The topological polar surface area (TPSA) is 61.4 Å². The van der Waals surface area contributed by atoms with Gasteiger partial charge in [0, 0.05) is 11.1 Å². The Morgan fingerprint density at radius 3 is 1.88 bits per heavy atom. The van der Waals surface area contributed by atoms with E-state index in [-0.39, 0.29) is 41.6 Å². The third-order valence-corrected chi connectivity index (χ3v) is 5.23. The maximum absolute atomic E-state index is 12.8. The van der Waals surface area contributed by atoms with Gasteiger partial charge in [-0.25, -0.2) is 9.13 Å². The van der Waals surface area contributed by atoms with Crippen molar-refractivity contribution in [3.63, 3.8) is 0 Å². The minimum Gasteiger partial charge on any atom is -1.00 e. The van der Waals surface area contributed by atoms with Crippen LogP contribution < -0.4 is 31.0 Å². The van der Waals surface area contributed by atoms with E-state index in [0.29, 0.717) is 22.6 Å². The van der Waals surface area contributed by atoms with E-state index in [0.717, 1.165) is 11.0 Å². The predicted octanol–water partition coefficient (Wildman–Crippen LogP) is 0.716. The first kappa shape index (κ1) is 23.2. The van der Waals surface area contributed by atoms with Gasteiger partial charge in [-0.05, 0) is 60.7 Å². The third kappa shape index (κ3) is 4.89. The molecule has 4 aromatic rings. The van der Waals surface area contributed by atoms with Crippen molar-refractivity contribution in [2.75, 3.05) is 14.2 Å². The number of imidazole rings is 1. The zero-order valence-electron chi connectivity index (χ0n) is 17.8. The highest BCUT2D eigenvalue weighted by atomic mass is 79.9. The molecule has 0 atom stereocenters. The lowest BCUT2D eigenvalue weighted by Crippen LogP contribution is -3.00. The largest absolute Gasteiger partial charge is 1.00 e. The number of para-hydroxylation sites is 2. The quantitative estimate of drug-likeness (QED) is 0.267. The summed E-state index contributed by atoms with van der Waals surface area (Å²) < 4.78 is 14.1. The molecule has 0 amide bonds. The lowest BCUT2D eigenvalue weighted by molar-refractivity contribution is -0.657. The van der Waals surface area contributed by atoms with Crippen LogP contribution in [0.1, 0.15) is 20.7 Å². The maximum atomic E-state index is 12.8. The highest BCUT2D eigenvalue weighted by Gasteiger charge is 2.21. The summed E-state index contributed by atoms with van der Waals surface area (Å²) in [6.45, 7) is 0.354. The van der Waals surface area contributed by atoms with Crippen LogP contribution in [0.25, 0.3) is 11.0 Å². The molecular formula is C25H23BrN2O4. The summed E-state index contributed by atoms with van der Waals surface area (Å²) >= 11 is 0. The molecule has 32 heavy (non-hydrogen) atoms. The number of Topliss-reactive ketones (excluding diaryl/α,β-unsaturated/α-hetero) is 2. The Labute approximate surface area is 196 Å². The number of carbonyl (C=O) groups excluding carboxylic acids is 2. The first-order valence-electron chi connectivity index (χ1n) is 9.91. The number of nitrogens with zero attached hydrogens (tertiary/aromatic N) is 2. The highest BCUT2D eigenvalue weighted by molar-refractivity contribution is 5.97. The van der Waals surface area contributed by atoms with Gasteiger partial charge in [0.1, 0.15) is 11.5 Å². The standard InChI is InChI=1S/C25H23N2O4.BrH/c1-30-20-11-7-18(8-12-20)24(28)15-26-17-27(23-6-4-3-5-22(23)26)16-25(29)19-9-13-21(31-2)14-10-19;/h3-14,17H,15-16H2,1-2H3;1H/q+1;/p-1. The van der Waals surface area contributed by atoms with Crippen molar-refractivity contribution < 1.29 is 40.6 Å². The molecule has 0 unspecified atom stereocenters. The van der Waals surface area contributed by atoms with Crippen LogP contribution in [-0.2, 0) is 13.1 Å². The Bertz CT molecular complexity index is 1140. The zero-order valence-corrected chi connectivity index (χ0v) is 19.4. The second-order valence-electron chi connectivity index (χ2n) is 7.16. The summed E-state index contributed by atoms with van der Waals surface area (Å²) in [6, 6.07) is 21.9. The number of halogens is 1. The van der Waals surface area contributed by atoms with Gasteiger partial charge in [0.15, 0.2) is 24.1 Å². The molecule has 0 radical (unpaired) electrons. The molecular weight excluding hydrogens is 472 g/mol. The van der Waals surface area contributed by atoms with Gasteiger partial charge in [-0.2, -0.15) is 0 Å². The van der Waals surface area contributed by atoms with Crippen LogP contribution in [0.3, 0.4) is 0 Å². The molecule has 0 N–H and O–H groups in total. The van der Waals surface area contributed by atoms with Crippen LogP contribution in [0.15, 0.2) is 79.1 Å². The molecule has 1 aromatic heterocycles. The normalized spacial score (nSPS) is 10.4. The number of fused-ring (bicyclic) bond motifs is 1. The second-order valence-corrected chi connectivity index (χ2v) is 7.16. The van der Waals surface area contributed by atoms with Crippen molar-refractivity contribution in [2.45, 2.75) is 13.1 Å². The van der Waals surface area contributed by atoms with E-state index in [1.54, 1.807) is 62.8 Å². The summed E-state index contributed by atoms with van der Waals surface area (Å²) in [4.78, 5) is 25.6. The van der Waals surface area contributed by atoms with E-state index < -0.39 is 0 Å². The van der Waals surface area contributed by atoms with Crippen LogP contribution in [-0.4, -0.2) is 30.4 Å². The van der Waals surface area contributed by atoms with Crippen molar-refractivity contribution in [3.8, 4) is 11.5 Å². The van der Waals surface area contributed by atoms with Gasteiger partial charge in [0.2, 0.25) is 17.9 Å². The van der Waals surface area contributed by atoms with Gasteiger partial charge in [-0.1, -0.05) is 12.1 Å². The van der Waals surface area contributed by atoms with Gasteiger partial charge in [0.25, 0.3) is 0 Å². The van der Waals surface area contributed by atoms with Gasteiger partial charge in [0.05, 0.1) is 14.2 Å². The number of methoxy groups -OCH3 is 2. The van der Waals surface area contributed by atoms with E-state index in [4.69, 9.17) is 9.47 Å². The van der Waals surface area contributed by atoms with Crippen LogP contribution in [0.4, 0.5) is 0 Å². The Morgan fingerprint density at radius 1 is 0.781 bits per heavy atom. The number of rotatable bonds is 8. The first-order chi connectivity index (χ1) is 15.1. The molecule has 0 aliphatic rings. The molecule has 0 saturated heterocycles. The monoisotopic (exact) mass is 494 g/mol. The van der Waals surface area contributed by atoms with Gasteiger partial charge >= 0.3 is 0 Å². The predicted molar refractivity (Wildman–Crippen MR) is 117 cm³/mol. The van der Waals surface area contributed by atoms with Crippen molar-refractivity contribution in [2.24, 2.45) is 0 Å². The second kappa shape index (κ2) is 10.2. The minimum atomic E-state index is -0.0166. The zero-order chi connectivity index (χ0) is 21.8. The van der Waals surface area contributed by atoms with E-state index in [1.165, 1.54) is 0 Å². The number of hydrogen-bond acceptors (Lipinski definition) is 4. The average molecular weight is 495 g/mol. The lowest BCUT2D eigenvalue weighted by atomic mass is 10.1. The van der Waals surface area contributed by atoms with Crippen LogP contribution in [0.2, 0.25) is 0 Å². The Hall–Kier alpha value is -3.45. The molecule has 1 heterocycles. The molecule has 3 aromatic carbocycles. The number of carbonyl (C=O) groups is 2. The van der Waals surface area contributed by atoms with Crippen molar-refractivity contribution in [1.82, 2.24) is 4.57 Å². The molecule has 4 rings (SSSR count). The van der Waals surface area contributed by atoms with Crippen molar-refractivity contribution in [1.29, 1.82) is 0 Å². The summed E-state index contributed by atoms with van der Waals surface area (Å²) in [7, 11) is 3.18. The molecule has 0 bridgehead atoms. The Balaban J connectivity index is 0.00000289. The molecule has 0 aliphatic carbocycles. The number of ketones is 2. The molecule has 164 valence electrons. The van der Waals surface area contributed by atoms with Crippen molar-refractivity contribution in [3.05, 3.63) is 90.3 Å². The van der Waals surface area contributed by atoms with Crippen LogP contribution >= 0.6 is 0 Å². The first-order valence-corrected chi connectivity index (χ1v) is 9.91. The van der Waals surface area contributed by atoms with Gasteiger partial charge in [-0.15, -0.1) is 0 Å². The average Bonchev–Trinajstić information content (AvgIpc) is 3.16. The number of aromatic nitrogens is 2. The molecule has 0 fully saturated rings. The molecule has 7 heteroatoms. The summed E-state index contributed by atoms with van der Waals surface area (Å²) in [5, 5.41) is 0. The summed E-state index contributed by atoms with van der Waals surface area (Å²) in [6.07, 6.45) is 1.83. The number of ether oxygens (including phenoxy) is 2. The molecule has 0 aliphatic heterocycles.